The maximum atomic E-state index is 11.8. The van der Waals surface area contributed by atoms with Crippen molar-refractivity contribution in [2.24, 2.45) is 0 Å². The van der Waals surface area contributed by atoms with Crippen molar-refractivity contribution in [2.75, 3.05) is 17.7 Å². The van der Waals surface area contributed by atoms with Crippen LogP contribution in [0.4, 0.5) is 17.2 Å². The molecule has 0 saturated carbocycles. The number of para-hydroxylation sites is 1. The van der Waals surface area contributed by atoms with Gasteiger partial charge in [0.15, 0.2) is 0 Å². The van der Waals surface area contributed by atoms with Crippen molar-refractivity contribution < 1.29 is 14.6 Å². The molecular weight excluding hydrogens is 356 g/mol. The summed E-state index contributed by atoms with van der Waals surface area (Å²) in [6, 6.07) is 10.9. The number of rotatable bonds is 6. The second-order valence-corrected chi connectivity index (χ2v) is 6.71. The van der Waals surface area contributed by atoms with Crippen LogP contribution in [-0.4, -0.2) is 28.1 Å². The molecule has 7 nitrogen and oxygen atoms in total. The van der Waals surface area contributed by atoms with Gasteiger partial charge < -0.3 is 20.5 Å². The third kappa shape index (κ3) is 3.94. The highest BCUT2D eigenvalue weighted by atomic mass is 16.5. The van der Waals surface area contributed by atoms with Gasteiger partial charge in [0.2, 0.25) is 5.91 Å². The second-order valence-electron chi connectivity index (χ2n) is 6.71. The molecule has 0 bridgehead atoms. The molecule has 1 heterocycles. The van der Waals surface area contributed by atoms with Gasteiger partial charge in [-0.05, 0) is 32.1 Å². The van der Waals surface area contributed by atoms with Gasteiger partial charge in [0.05, 0.1) is 23.9 Å². The third-order valence-electron chi connectivity index (χ3n) is 4.24. The van der Waals surface area contributed by atoms with Crippen molar-refractivity contribution in [1.82, 2.24) is 9.97 Å². The van der Waals surface area contributed by atoms with Crippen LogP contribution in [0.15, 0.2) is 55.4 Å². The van der Waals surface area contributed by atoms with E-state index in [9.17, 15) is 9.90 Å². The molecule has 1 amide bonds. The number of ether oxygens (including phenoxy) is 1. The zero-order valence-corrected chi connectivity index (χ0v) is 16.0. The zero-order valence-electron chi connectivity index (χ0n) is 16.0. The molecule has 0 aliphatic carbocycles. The summed E-state index contributed by atoms with van der Waals surface area (Å²) >= 11 is 0. The lowest BCUT2D eigenvalue weighted by Crippen LogP contribution is -2.17. The standard InChI is InChI=1S/C21H22N4O3/c1-5-19(26)24-17-10-13-16(11-18(17)28-4)22-12-23-20(13)25-15-9-7-6-8-14(15)21(2,3)27/h5-12,27H,1H2,2-4H3,(H,24,26)(H,22,23,25). The number of benzene rings is 2. The summed E-state index contributed by atoms with van der Waals surface area (Å²) in [5, 5.41) is 17.1. The summed E-state index contributed by atoms with van der Waals surface area (Å²) in [7, 11) is 1.52. The highest BCUT2D eigenvalue weighted by Crippen LogP contribution is 2.35. The molecule has 0 fully saturated rings. The van der Waals surface area contributed by atoms with E-state index in [4.69, 9.17) is 4.74 Å². The van der Waals surface area contributed by atoms with Crippen LogP contribution >= 0.6 is 0 Å². The molecule has 0 spiro atoms. The van der Waals surface area contributed by atoms with Gasteiger partial charge in [-0.15, -0.1) is 0 Å². The van der Waals surface area contributed by atoms with E-state index in [1.807, 2.05) is 24.3 Å². The average molecular weight is 378 g/mol. The molecule has 0 aliphatic heterocycles. The number of hydrogen-bond donors (Lipinski definition) is 3. The number of amides is 1. The molecule has 2 aromatic carbocycles. The van der Waals surface area contributed by atoms with Gasteiger partial charge in [-0.25, -0.2) is 9.97 Å². The largest absolute Gasteiger partial charge is 0.494 e. The van der Waals surface area contributed by atoms with Crippen LogP contribution in [0.1, 0.15) is 19.4 Å². The number of carbonyl (C=O) groups excluding carboxylic acids is 1. The van der Waals surface area contributed by atoms with E-state index >= 15 is 0 Å². The van der Waals surface area contributed by atoms with Crippen molar-refractivity contribution in [3.63, 3.8) is 0 Å². The number of hydrogen-bond acceptors (Lipinski definition) is 6. The molecule has 0 atom stereocenters. The zero-order chi connectivity index (χ0) is 20.3. The predicted octanol–water partition coefficient (Wildman–Crippen LogP) is 3.73. The number of fused-ring (bicyclic) bond motifs is 1. The molecule has 28 heavy (non-hydrogen) atoms. The third-order valence-corrected chi connectivity index (χ3v) is 4.24. The van der Waals surface area contributed by atoms with E-state index in [2.05, 4.69) is 27.2 Å². The summed E-state index contributed by atoms with van der Waals surface area (Å²) in [5.41, 5.74) is 1.55. The number of nitrogens with zero attached hydrogens (tertiary/aromatic N) is 2. The molecule has 7 heteroatoms. The highest BCUT2D eigenvalue weighted by Gasteiger charge is 2.20. The first kappa shape index (κ1) is 19.3. The average Bonchev–Trinajstić information content (AvgIpc) is 2.67. The fourth-order valence-electron chi connectivity index (χ4n) is 2.89. The van der Waals surface area contributed by atoms with Gasteiger partial charge in [0.1, 0.15) is 17.9 Å². The number of anilines is 3. The van der Waals surface area contributed by atoms with Crippen molar-refractivity contribution in [2.45, 2.75) is 19.4 Å². The number of aromatic nitrogens is 2. The molecule has 0 aliphatic rings. The summed E-state index contributed by atoms with van der Waals surface area (Å²) in [4.78, 5) is 20.4. The van der Waals surface area contributed by atoms with Gasteiger partial charge in [-0.3, -0.25) is 4.79 Å². The van der Waals surface area contributed by atoms with Crippen LogP contribution in [0, 0.1) is 0 Å². The summed E-state index contributed by atoms with van der Waals surface area (Å²) in [6.07, 6.45) is 2.63. The Morgan fingerprint density at radius 3 is 2.64 bits per heavy atom. The Morgan fingerprint density at radius 2 is 1.96 bits per heavy atom. The van der Waals surface area contributed by atoms with Gasteiger partial charge in [-0.1, -0.05) is 24.8 Å². The minimum absolute atomic E-state index is 0.351. The molecule has 1 aromatic heterocycles. The van der Waals surface area contributed by atoms with Crippen LogP contribution in [-0.2, 0) is 10.4 Å². The number of nitrogens with one attached hydrogen (secondary N) is 2. The summed E-state index contributed by atoms with van der Waals surface area (Å²) in [6.45, 7) is 6.91. The molecule has 3 rings (SSSR count). The van der Waals surface area contributed by atoms with E-state index in [0.717, 1.165) is 11.3 Å². The van der Waals surface area contributed by atoms with Crippen LogP contribution in [0.3, 0.4) is 0 Å². The smallest absolute Gasteiger partial charge is 0.247 e. The SMILES string of the molecule is C=CC(=O)Nc1cc2c(Nc3ccccc3C(C)(C)O)ncnc2cc1OC. The molecule has 3 N–H and O–H groups in total. The quantitative estimate of drug-likeness (QED) is 0.566. The van der Waals surface area contributed by atoms with Crippen LogP contribution in [0.5, 0.6) is 5.75 Å². The van der Waals surface area contributed by atoms with Gasteiger partial charge in [0.25, 0.3) is 0 Å². The Morgan fingerprint density at radius 1 is 1.21 bits per heavy atom. The Balaban J connectivity index is 2.11. The summed E-state index contributed by atoms with van der Waals surface area (Å²) in [5.74, 6) is 0.666. The number of aliphatic hydroxyl groups is 1. The fraction of sp³-hybridized carbons (Fsp3) is 0.190. The minimum atomic E-state index is -1.03. The first-order chi connectivity index (χ1) is 13.3. The molecule has 3 aromatic rings. The van der Waals surface area contributed by atoms with Crippen molar-refractivity contribution in [3.05, 3.63) is 60.9 Å². The number of methoxy groups -OCH3 is 1. The maximum Gasteiger partial charge on any atom is 0.247 e. The van der Waals surface area contributed by atoms with E-state index in [1.54, 1.807) is 26.0 Å². The monoisotopic (exact) mass is 378 g/mol. The van der Waals surface area contributed by atoms with Crippen LogP contribution in [0.25, 0.3) is 10.9 Å². The molecular formula is C21H22N4O3. The Kier molecular flexibility index (Phi) is 5.28. The van der Waals surface area contributed by atoms with Crippen LogP contribution in [0.2, 0.25) is 0 Å². The first-order valence-corrected chi connectivity index (χ1v) is 8.68. The van der Waals surface area contributed by atoms with Crippen molar-refractivity contribution in [1.29, 1.82) is 0 Å². The van der Waals surface area contributed by atoms with E-state index in [1.165, 1.54) is 19.5 Å². The van der Waals surface area contributed by atoms with Crippen molar-refractivity contribution >= 4 is 34.0 Å². The minimum Gasteiger partial charge on any atom is -0.494 e. The lowest BCUT2D eigenvalue weighted by atomic mass is 9.96. The molecule has 0 saturated heterocycles. The van der Waals surface area contributed by atoms with Crippen molar-refractivity contribution in [3.8, 4) is 5.75 Å². The second kappa shape index (κ2) is 7.66. The summed E-state index contributed by atoms with van der Waals surface area (Å²) < 4.78 is 5.36. The van der Waals surface area contributed by atoms with Gasteiger partial charge in [-0.2, -0.15) is 0 Å². The molecule has 0 radical (unpaired) electrons. The molecule has 144 valence electrons. The highest BCUT2D eigenvalue weighted by molar-refractivity contribution is 6.03. The lowest BCUT2D eigenvalue weighted by molar-refractivity contribution is -0.111. The van der Waals surface area contributed by atoms with Gasteiger partial charge in [0, 0.05) is 22.7 Å². The maximum absolute atomic E-state index is 11.8. The van der Waals surface area contributed by atoms with E-state index in [0.29, 0.717) is 28.2 Å². The van der Waals surface area contributed by atoms with Crippen LogP contribution < -0.4 is 15.4 Å². The topological polar surface area (TPSA) is 96.4 Å². The number of carbonyl (C=O) groups is 1. The predicted molar refractivity (Wildman–Crippen MR) is 110 cm³/mol. The van der Waals surface area contributed by atoms with E-state index in [-0.39, 0.29) is 5.91 Å². The van der Waals surface area contributed by atoms with Gasteiger partial charge >= 0.3 is 0 Å². The fourth-order valence-corrected chi connectivity index (χ4v) is 2.89. The normalized spacial score (nSPS) is 11.1. The Bertz CT molecular complexity index is 1040. The lowest BCUT2D eigenvalue weighted by Gasteiger charge is -2.22. The first-order valence-electron chi connectivity index (χ1n) is 8.68. The Hall–Kier alpha value is -3.45. The molecule has 0 unspecified atom stereocenters. The van der Waals surface area contributed by atoms with E-state index < -0.39 is 5.60 Å². The Labute approximate surface area is 163 Å².